The molecule has 0 radical (unpaired) electrons. The molecular weight excluding hydrogens is 430 g/mol. The summed E-state index contributed by atoms with van der Waals surface area (Å²) >= 11 is 0. The van der Waals surface area contributed by atoms with Gasteiger partial charge in [-0.05, 0) is 49.3 Å². The van der Waals surface area contributed by atoms with Crippen LogP contribution in [0.3, 0.4) is 0 Å². The van der Waals surface area contributed by atoms with Crippen molar-refractivity contribution in [1.82, 2.24) is 15.5 Å². The Balaban J connectivity index is 1.63. The fourth-order valence-corrected chi connectivity index (χ4v) is 4.35. The standard InChI is InChI=1S/C27H35N3O4/c1-20-9-6-7-12-23(20)26(32)29-25(27(33)28-15-8-18-34-2)22-13-16-30(17-14-22)24(31)19-21-10-4-3-5-11-21/h3-7,9-12,22,25H,8,13-19H2,1-2H3,(H,28,33)(H,29,32). The molecule has 0 bridgehead atoms. The first-order valence-corrected chi connectivity index (χ1v) is 11.9. The summed E-state index contributed by atoms with van der Waals surface area (Å²) in [5, 5.41) is 5.92. The fraction of sp³-hybridized carbons (Fsp3) is 0.444. The van der Waals surface area contributed by atoms with Gasteiger partial charge in [-0.3, -0.25) is 14.4 Å². The number of amides is 3. The zero-order chi connectivity index (χ0) is 24.3. The van der Waals surface area contributed by atoms with E-state index < -0.39 is 6.04 Å². The third-order valence-corrected chi connectivity index (χ3v) is 6.35. The smallest absolute Gasteiger partial charge is 0.252 e. The summed E-state index contributed by atoms with van der Waals surface area (Å²) < 4.78 is 5.05. The number of nitrogens with one attached hydrogen (secondary N) is 2. The highest BCUT2D eigenvalue weighted by Gasteiger charge is 2.34. The number of ether oxygens (including phenoxy) is 1. The molecule has 1 unspecified atom stereocenters. The number of nitrogens with zero attached hydrogens (tertiary/aromatic N) is 1. The monoisotopic (exact) mass is 465 g/mol. The van der Waals surface area contributed by atoms with E-state index in [-0.39, 0.29) is 23.6 Å². The molecule has 34 heavy (non-hydrogen) atoms. The molecule has 7 nitrogen and oxygen atoms in total. The van der Waals surface area contributed by atoms with Gasteiger partial charge >= 0.3 is 0 Å². The molecule has 1 fully saturated rings. The molecule has 3 amide bonds. The van der Waals surface area contributed by atoms with Crippen LogP contribution in [0.1, 0.15) is 40.7 Å². The largest absolute Gasteiger partial charge is 0.385 e. The van der Waals surface area contributed by atoms with E-state index >= 15 is 0 Å². The van der Waals surface area contributed by atoms with E-state index in [1.165, 1.54) is 0 Å². The second-order valence-electron chi connectivity index (χ2n) is 8.78. The molecule has 0 aromatic heterocycles. The van der Waals surface area contributed by atoms with Crippen LogP contribution in [0.25, 0.3) is 0 Å². The van der Waals surface area contributed by atoms with Crippen LogP contribution >= 0.6 is 0 Å². The lowest BCUT2D eigenvalue weighted by molar-refractivity contribution is -0.132. The molecule has 3 rings (SSSR count). The van der Waals surface area contributed by atoms with Gasteiger partial charge in [-0.2, -0.15) is 0 Å². The molecule has 0 aliphatic carbocycles. The summed E-state index contributed by atoms with van der Waals surface area (Å²) in [6.45, 7) is 4.07. The summed E-state index contributed by atoms with van der Waals surface area (Å²) in [4.78, 5) is 40.7. The Hall–Kier alpha value is -3.19. The second kappa shape index (κ2) is 12.9. The predicted molar refractivity (Wildman–Crippen MR) is 131 cm³/mol. The molecule has 182 valence electrons. The van der Waals surface area contributed by atoms with Crippen LogP contribution in [0.15, 0.2) is 54.6 Å². The molecule has 1 aliphatic rings. The molecule has 1 heterocycles. The highest BCUT2D eigenvalue weighted by atomic mass is 16.5. The van der Waals surface area contributed by atoms with E-state index in [0.29, 0.717) is 57.5 Å². The minimum absolute atomic E-state index is 0.0452. The van der Waals surface area contributed by atoms with Gasteiger partial charge in [0.2, 0.25) is 11.8 Å². The molecular formula is C27H35N3O4. The van der Waals surface area contributed by atoms with Crippen LogP contribution in [0.4, 0.5) is 0 Å². The summed E-state index contributed by atoms with van der Waals surface area (Å²) in [5.41, 5.74) is 2.42. The zero-order valence-electron chi connectivity index (χ0n) is 20.1. The first-order chi connectivity index (χ1) is 16.5. The van der Waals surface area contributed by atoms with Gasteiger partial charge in [-0.25, -0.2) is 0 Å². The highest BCUT2D eigenvalue weighted by molar-refractivity contribution is 5.98. The normalized spacial score (nSPS) is 14.9. The van der Waals surface area contributed by atoms with Crippen molar-refractivity contribution in [2.75, 3.05) is 33.4 Å². The van der Waals surface area contributed by atoms with Gasteiger partial charge < -0.3 is 20.3 Å². The van der Waals surface area contributed by atoms with E-state index in [0.717, 1.165) is 11.1 Å². The van der Waals surface area contributed by atoms with Crippen molar-refractivity contribution >= 4 is 17.7 Å². The number of benzene rings is 2. The molecule has 2 aromatic rings. The van der Waals surface area contributed by atoms with Gasteiger partial charge in [0.25, 0.3) is 5.91 Å². The van der Waals surface area contributed by atoms with E-state index in [4.69, 9.17) is 4.74 Å². The van der Waals surface area contributed by atoms with Gasteiger partial charge in [0, 0.05) is 38.9 Å². The van der Waals surface area contributed by atoms with E-state index in [2.05, 4.69) is 10.6 Å². The summed E-state index contributed by atoms with van der Waals surface area (Å²) in [7, 11) is 1.62. The molecule has 0 spiro atoms. The number of rotatable bonds is 10. The van der Waals surface area contributed by atoms with Crippen molar-refractivity contribution in [2.24, 2.45) is 5.92 Å². The molecule has 7 heteroatoms. The number of aryl methyl sites for hydroxylation is 1. The maximum atomic E-state index is 13.1. The SMILES string of the molecule is COCCCNC(=O)C(NC(=O)c1ccccc1C)C1CCN(C(=O)Cc2ccccc2)CC1. The Labute approximate surface area is 201 Å². The third kappa shape index (κ3) is 7.15. The van der Waals surface area contributed by atoms with Crippen molar-refractivity contribution in [3.63, 3.8) is 0 Å². The summed E-state index contributed by atoms with van der Waals surface area (Å²) in [5.74, 6) is -0.393. The first kappa shape index (κ1) is 25.4. The van der Waals surface area contributed by atoms with Crippen LogP contribution < -0.4 is 10.6 Å². The number of hydrogen-bond acceptors (Lipinski definition) is 4. The van der Waals surface area contributed by atoms with Gasteiger partial charge in [-0.1, -0.05) is 48.5 Å². The molecule has 2 aromatic carbocycles. The summed E-state index contributed by atoms with van der Waals surface area (Å²) in [6.07, 6.45) is 2.39. The van der Waals surface area contributed by atoms with Crippen LogP contribution in [-0.2, 0) is 20.7 Å². The highest BCUT2D eigenvalue weighted by Crippen LogP contribution is 2.22. The first-order valence-electron chi connectivity index (χ1n) is 11.9. The topological polar surface area (TPSA) is 87.7 Å². The van der Waals surface area contributed by atoms with Crippen molar-refractivity contribution in [2.45, 2.75) is 38.6 Å². The van der Waals surface area contributed by atoms with Crippen molar-refractivity contribution in [1.29, 1.82) is 0 Å². The Morgan fingerprint density at radius 3 is 2.38 bits per heavy atom. The number of piperidine rings is 1. The Morgan fingerprint density at radius 2 is 1.71 bits per heavy atom. The average Bonchev–Trinajstić information content (AvgIpc) is 2.86. The lowest BCUT2D eigenvalue weighted by atomic mass is 9.88. The Bertz CT molecular complexity index is 955. The van der Waals surface area contributed by atoms with Crippen LogP contribution in [0.5, 0.6) is 0 Å². The zero-order valence-corrected chi connectivity index (χ0v) is 20.1. The quantitative estimate of drug-likeness (QED) is 0.528. The van der Waals surface area contributed by atoms with Gasteiger partial charge in [0.05, 0.1) is 6.42 Å². The molecule has 0 saturated carbocycles. The minimum Gasteiger partial charge on any atom is -0.385 e. The van der Waals surface area contributed by atoms with Gasteiger partial charge in [0.15, 0.2) is 0 Å². The van der Waals surface area contributed by atoms with Gasteiger partial charge in [-0.15, -0.1) is 0 Å². The van der Waals surface area contributed by atoms with Crippen molar-refractivity contribution in [3.05, 3.63) is 71.3 Å². The maximum absolute atomic E-state index is 13.1. The van der Waals surface area contributed by atoms with Crippen LogP contribution in [-0.4, -0.2) is 62.0 Å². The number of carbonyl (C=O) groups excluding carboxylic acids is 3. The Kier molecular flexibility index (Phi) is 9.64. The average molecular weight is 466 g/mol. The molecule has 2 N–H and O–H groups in total. The van der Waals surface area contributed by atoms with Crippen LogP contribution in [0, 0.1) is 12.8 Å². The molecule has 1 aliphatic heterocycles. The number of hydrogen-bond donors (Lipinski definition) is 2. The fourth-order valence-electron chi connectivity index (χ4n) is 4.35. The summed E-state index contributed by atoms with van der Waals surface area (Å²) in [6, 6.07) is 16.4. The van der Waals surface area contributed by atoms with Gasteiger partial charge in [0.1, 0.15) is 6.04 Å². The number of likely N-dealkylation sites (tertiary alicyclic amines) is 1. The van der Waals surface area contributed by atoms with E-state index in [1.807, 2.05) is 60.4 Å². The molecule has 1 atom stereocenters. The predicted octanol–water partition coefficient (Wildman–Crippen LogP) is 2.73. The number of carbonyl (C=O) groups is 3. The Morgan fingerprint density at radius 1 is 1.03 bits per heavy atom. The number of methoxy groups -OCH3 is 1. The van der Waals surface area contributed by atoms with Crippen molar-refractivity contribution < 1.29 is 19.1 Å². The lowest BCUT2D eigenvalue weighted by Gasteiger charge is -2.36. The lowest BCUT2D eigenvalue weighted by Crippen LogP contribution is -2.54. The van der Waals surface area contributed by atoms with E-state index in [9.17, 15) is 14.4 Å². The van der Waals surface area contributed by atoms with Crippen LogP contribution in [0.2, 0.25) is 0 Å². The van der Waals surface area contributed by atoms with E-state index in [1.54, 1.807) is 13.2 Å². The minimum atomic E-state index is -0.652. The molecule has 1 saturated heterocycles. The third-order valence-electron chi connectivity index (χ3n) is 6.35. The maximum Gasteiger partial charge on any atom is 0.252 e. The van der Waals surface area contributed by atoms with Crippen molar-refractivity contribution in [3.8, 4) is 0 Å². The second-order valence-corrected chi connectivity index (χ2v) is 8.78.